The number of aliphatic hydroxyl groups is 4. The summed E-state index contributed by atoms with van der Waals surface area (Å²) in [6.07, 6.45) is -5.50. The Kier molecular flexibility index (Phi) is 6.75. The highest BCUT2D eigenvalue weighted by atomic mass is 32.1. The minimum atomic E-state index is -2.19. The number of fused-ring (bicyclic) bond motifs is 2. The smallest absolute Gasteiger partial charge is 0.249 e. The molecule has 176 valence electrons. The lowest BCUT2D eigenvalue weighted by Crippen LogP contribution is -2.81. The van der Waals surface area contributed by atoms with Crippen molar-refractivity contribution in [1.29, 1.82) is 0 Å². The Morgan fingerprint density at radius 2 is 1.84 bits per heavy atom. The molecule has 10 atom stereocenters. The van der Waals surface area contributed by atoms with Crippen LogP contribution in [0.1, 0.15) is 18.2 Å². The van der Waals surface area contributed by atoms with Gasteiger partial charge in [0.1, 0.15) is 23.9 Å². The molecule has 7 N–H and O–H groups in total. The van der Waals surface area contributed by atoms with E-state index in [0.29, 0.717) is 6.54 Å². The van der Waals surface area contributed by atoms with Crippen LogP contribution in [-0.2, 0) is 20.8 Å². The zero-order chi connectivity index (χ0) is 22.4. The van der Waals surface area contributed by atoms with Crippen molar-refractivity contribution in [2.75, 3.05) is 20.6 Å². The van der Waals surface area contributed by atoms with Crippen molar-refractivity contribution >= 4 is 11.3 Å². The predicted octanol–water partition coefficient (Wildman–Crippen LogP) is -1.91. The van der Waals surface area contributed by atoms with Crippen LogP contribution in [0.4, 0.5) is 0 Å². The fourth-order valence-electron chi connectivity index (χ4n) is 5.03. The van der Waals surface area contributed by atoms with Gasteiger partial charge in [-0.1, -0.05) is 6.07 Å². The van der Waals surface area contributed by atoms with Gasteiger partial charge in [-0.2, -0.15) is 0 Å². The maximum atomic E-state index is 11.6. The van der Waals surface area contributed by atoms with Gasteiger partial charge in [0, 0.05) is 24.4 Å². The maximum Gasteiger partial charge on any atom is 0.249 e. The molecule has 3 aliphatic rings. The van der Waals surface area contributed by atoms with Gasteiger partial charge in [0.25, 0.3) is 0 Å². The Hall–Kier alpha value is -0.700. The van der Waals surface area contributed by atoms with Crippen molar-refractivity contribution in [2.24, 2.45) is 0 Å². The Morgan fingerprint density at radius 3 is 2.48 bits per heavy atom. The molecule has 1 aromatic rings. The molecular weight excluding hydrogens is 426 g/mol. The van der Waals surface area contributed by atoms with Gasteiger partial charge in [-0.3, -0.25) is 0 Å². The van der Waals surface area contributed by atoms with Crippen LogP contribution in [0.3, 0.4) is 0 Å². The molecule has 4 rings (SSSR count). The molecule has 0 radical (unpaired) electrons. The lowest BCUT2D eigenvalue weighted by atomic mass is 9.77. The Balaban J connectivity index is 1.58. The number of thiophene rings is 1. The topological polar surface area (TPSA) is 145 Å². The number of aliphatic hydroxyl groups excluding tert-OH is 2. The number of likely N-dealkylation sites (N-methyl/N-ethyl adjacent to an activating group) is 2. The molecule has 10 unspecified atom stereocenters. The predicted molar refractivity (Wildman–Crippen MR) is 112 cm³/mol. The number of hydrogen-bond acceptors (Lipinski definition) is 11. The molecule has 2 saturated heterocycles. The number of rotatable bonds is 6. The van der Waals surface area contributed by atoms with Crippen LogP contribution in [0, 0.1) is 0 Å². The zero-order valence-corrected chi connectivity index (χ0v) is 18.7. The van der Waals surface area contributed by atoms with Gasteiger partial charge in [0.2, 0.25) is 12.1 Å². The van der Waals surface area contributed by atoms with E-state index in [1.54, 1.807) is 32.4 Å². The van der Waals surface area contributed by atoms with Crippen LogP contribution in [0.15, 0.2) is 17.5 Å². The van der Waals surface area contributed by atoms with Crippen LogP contribution in [-0.4, -0.2) is 101 Å². The van der Waals surface area contributed by atoms with Crippen molar-refractivity contribution in [3.05, 3.63) is 22.4 Å². The average Bonchev–Trinajstić information content (AvgIpc) is 3.22. The third-order valence-corrected chi connectivity index (χ3v) is 7.52. The fourth-order valence-corrected chi connectivity index (χ4v) is 5.71. The summed E-state index contributed by atoms with van der Waals surface area (Å²) in [5, 5.41) is 55.7. The SMILES string of the molecule is CNC1C(O)C(NC)C2OC3(O)C(OC(C)CC3(O)CNCc3cccs3)OC2C1O. The van der Waals surface area contributed by atoms with E-state index < -0.39 is 60.3 Å². The second-order valence-corrected chi connectivity index (χ2v) is 9.72. The first-order chi connectivity index (χ1) is 14.7. The van der Waals surface area contributed by atoms with E-state index in [1.165, 1.54) is 0 Å². The first-order valence-electron chi connectivity index (χ1n) is 10.6. The first kappa shape index (κ1) is 23.5. The second kappa shape index (κ2) is 8.92. The van der Waals surface area contributed by atoms with Crippen molar-refractivity contribution in [3.8, 4) is 0 Å². The zero-order valence-electron chi connectivity index (χ0n) is 17.9. The monoisotopic (exact) mass is 459 g/mol. The van der Waals surface area contributed by atoms with Crippen LogP contribution in [0.2, 0.25) is 0 Å². The van der Waals surface area contributed by atoms with E-state index in [1.807, 2.05) is 17.5 Å². The molecule has 11 heteroatoms. The highest BCUT2D eigenvalue weighted by Crippen LogP contribution is 2.46. The van der Waals surface area contributed by atoms with Gasteiger partial charge < -0.3 is 50.6 Å². The quantitative estimate of drug-likeness (QED) is 0.257. The summed E-state index contributed by atoms with van der Waals surface area (Å²) in [6.45, 7) is 2.36. The summed E-state index contributed by atoms with van der Waals surface area (Å²) in [4.78, 5) is 1.10. The second-order valence-electron chi connectivity index (χ2n) is 8.69. The molecule has 0 aromatic carbocycles. The summed E-state index contributed by atoms with van der Waals surface area (Å²) < 4.78 is 17.9. The highest BCUT2D eigenvalue weighted by Gasteiger charge is 2.68. The molecule has 3 heterocycles. The molecular formula is C20H33N3O7S. The van der Waals surface area contributed by atoms with E-state index in [2.05, 4.69) is 16.0 Å². The minimum absolute atomic E-state index is 0.0425. The molecule has 1 saturated carbocycles. The van der Waals surface area contributed by atoms with Gasteiger partial charge in [-0.25, -0.2) is 0 Å². The summed E-state index contributed by atoms with van der Waals surface area (Å²) in [6, 6.07) is 2.61. The van der Waals surface area contributed by atoms with Crippen LogP contribution in [0.5, 0.6) is 0 Å². The van der Waals surface area contributed by atoms with Crippen molar-refractivity contribution in [2.45, 2.75) is 80.2 Å². The molecule has 0 spiro atoms. The van der Waals surface area contributed by atoms with Crippen LogP contribution < -0.4 is 16.0 Å². The van der Waals surface area contributed by atoms with E-state index >= 15 is 0 Å². The third-order valence-electron chi connectivity index (χ3n) is 6.65. The van der Waals surface area contributed by atoms with Gasteiger partial charge in [-0.15, -0.1) is 11.3 Å². The Labute approximate surface area is 185 Å². The third kappa shape index (κ3) is 3.96. The molecule has 3 fully saturated rings. The molecule has 1 aromatic heterocycles. The van der Waals surface area contributed by atoms with E-state index in [0.717, 1.165) is 4.88 Å². The lowest BCUT2D eigenvalue weighted by Gasteiger charge is -2.60. The Morgan fingerprint density at radius 1 is 1.10 bits per heavy atom. The Bertz CT molecular complexity index is 742. The van der Waals surface area contributed by atoms with Gasteiger partial charge in [-0.05, 0) is 32.5 Å². The van der Waals surface area contributed by atoms with E-state index in [-0.39, 0.29) is 13.0 Å². The van der Waals surface area contributed by atoms with Crippen LogP contribution in [0.25, 0.3) is 0 Å². The van der Waals surface area contributed by atoms with Gasteiger partial charge in [0.15, 0.2) is 0 Å². The summed E-state index contributed by atoms with van der Waals surface area (Å²) >= 11 is 1.59. The number of nitrogens with one attached hydrogen (secondary N) is 3. The maximum absolute atomic E-state index is 11.6. The highest BCUT2D eigenvalue weighted by molar-refractivity contribution is 7.09. The minimum Gasteiger partial charge on any atom is -0.390 e. The molecule has 1 aliphatic carbocycles. The largest absolute Gasteiger partial charge is 0.390 e. The summed E-state index contributed by atoms with van der Waals surface area (Å²) in [7, 11) is 3.30. The normalized spacial score (nSPS) is 47.6. The molecule has 31 heavy (non-hydrogen) atoms. The van der Waals surface area contributed by atoms with E-state index in [9.17, 15) is 20.4 Å². The van der Waals surface area contributed by atoms with E-state index in [4.69, 9.17) is 14.2 Å². The number of ether oxygens (including phenoxy) is 3. The fraction of sp³-hybridized carbons (Fsp3) is 0.800. The standard InChI is InChI=1S/C20H33N3O7S/c1-10-7-19(26,9-23-8-11-5-4-6-31-11)20(27)18(28-10)29-17-15(25)12(21-2)14(24)13(22-3)16(17)30-20/h4-6,10,12-18,21-27H,7-9H2,1-3H3. The van der Waals surface area contributed by atoms with Crippen molar-refractivity contribution < 1.29 is 34.6 Å². The molecule has 0 bridgehead atoms. The first-order valence-corrected chi connectivity index (χ1v) is 11.5. The molecule has 2 aliphatic heterocycles. The average molecular weight is 460 g/mol. The summed E-state index contributed by atoms with van der Waals surface area (Å²) in [5.74, 6) is -2.19. The molecule has 10 nitrogen and oxygen atoms in total. The van der Waals surface area contributed by atoms with Gasteiger partial charge >= 0.3 is 0 Å². The molecule has 0 amide bonds. The van der Waals surface area contributed by atoms with Crippen molar-refractivity contribution in [1.82, 2.24) is 16.0 Å². The lowest BCUT2D eigenvalue weighted by molar-refractivity contribution is -0.482. The van der Waals surface area contributed by atoms with Crippen molar-refractivity contribution in [3.63, 3.8) is 0 Å². The van der Waals surface area contributed by atoms with Crippen LogP contribution >= 0.6 is 11.3 Å². The number of hydrogen-bond donors (Lipinski definition) is 7. The van der Waals surface area contributed by atoms with Gasteiger partial charge in [0.05, 0.1) is 24.3 Å². The summed E-state index contributed by atoms with van der Waals surface area (Å²) in [5.41, 5.74) is -1.72.